The number of rotatable bonds is 5. The molecule has 0 atom stereocenters. The molecule has 98 valence electrons. The predicted molar refractivity (Wildman–Crippen MR) is 67.5 cm³/mol. The number of amides is 2. The first-order chi connectivity index (χ1) is 8.52. The maximum absolute atomic E-state index is 11.7. The van der Waals surface area contributed by atoms with Gasteiger partial charge in [-0.3, -0.25) is 14.6 Å². The van der Waals surface area contributed by atoms with Gasteiger partial charge in [0, 0.05) is 12.7 Å². The number of likely N-dealkylation sites (N-methyl/N-ethyl adjacent to an activating group) is 1. The van der Waals surface area contributed by atoms with Crippen LogP contribution in [0.5, 0.6) is 0 Å². The first-order valence-electron chi connectivity index (χ1n) is 5.66. The molecule has 6 nitrogen and oxygen atoms in total. The summed E-state index contributed by atoms with van der Waals surface area (Å²) in [5, 5.41) is 2.43. The van der Waals surface area contributed by atoms with Gasteiger partial charge in [0.2, 0.25) is 11.8 Å². The van der Waals surface area contributed by atoms with E-state index in [4.69, 9.17) is 5.73 Å². The van der Waals surface area contributed by atoms with Crippen molar-refractivity contribution in [1.29, 1.82) is 0 Å². The van der Waals surface area contributed by atoms with Crippen LogP contribution in [0, 0.1) is 6.92 Å². The van der Waals surface area contributed by atoms with E-state index in [2.05, 4.69) is 10.3 Å². The molecule has 0 aromatic carbocycles. The summed E-state index contributed by atoms with van der Waals surface area (Å²) < 4.78 is 0. The number of nitrogens with one attached hydrogen (secondary N) is 1. The molecule has 2 amide bonds. The molecule has 0 bridgehead atoms. The summed E-state index contributed by atoms with van der Waals surface area (Å²) in [4.78, 5) is 28.4. The van der Waals surface area contributed by atoms with Gasteiger partial charge in [0.25, 0.3) is 0 Å². The van der Waals surface area contributed by atoms with Gasteiger partial charge in [0.15, 0.2) is 0 Å². The Labute approximate surface area is 106 Å². The number of nitrogens with two attached hydrogens (primary N) is 1. The van der Waals surface area contributed by atoms with Gasteiger partial charge in [0.1, 0.15) is 0 Å². The van der Waals surface area contributed by atoms with E-state index < -0.39 is 0 Å². The Hall–Kier alpha value is -1.95. The second-order valence-electron chi connectivity index (χ2n) is 4.00. The normalized spacial score (nSPS) is 9.94. The van der Waals surface area contributed by atoms with Crippen LogP contribution in [0.4, 0.5) is 0 Å². The molecule has 0 saturated heterocycles. The molecule has 1 aromatic heterocycles. The van der Waals surface area contributed by atoms with Crippen LogP contribution >= 0.6 is 0 Å². The van der Waals surface area contributed by atoms with Gasteiger partial charge in [0.05, 0.1) is 25.3 Å². The lowest BCUT2D eigenvalue weighted by Gasteiger charge is -2.17. The summed E-state index contributed by atoms with van der Waals surface area (Å²) in [5.74, 6) is -0.523. The van der Waals surface area contributed by atoms with E-state index >= 15 is 0 Å². The van der Waals surface area contributed by atoms with Crippen molar-refractivity contribution >= 4 is 11.8 Å². The molecule has 0 fully saturated rings. The van der Waals surface area contributed by atoms with Gasteiger partial charge >= 0.3 is 0 Å². The minimum Gasteiger partial charge on any atom is -0.346 e. The molecule has 0 spiro atoms. The second-order valence-corrected chi connectivity index (χ2v) is 4.00. The van der Waals surface area contributed by atoms with Gasteiger partial charge in [-0.05, 0) is 19.1 Å². The van der Waals surface area contributed by atoms with Crippen LogP contribution in [0.15, 0.2) is 18.2 Å². The number of nitrogens with zero attached hydrogens (tertiary/aromatic N) is 2. The third kappa shape index (κ3) is 4.50. The van der Waals surface area contributed by atoms with Gasteiger partial charge in [-0.15, -0.1) is 0 Å². The zero-order valence-electron chi connectivity index (χ0n) is 10.6. The van der Waals surface area contributed by atoms with Gasteiger partial charge in [-0.25, -0.2) is 0 Å². The van der Waals surface area contributed by atoms with E-state index in [0.717, 1.165) is 11.4 Å². The Bertz CT molecular complexity index is 434. The van der Waals surface area contributed by atoms with Crippen molar-refractivity contribution in [3.63, 3.8) is 0 Å². The number of hydrogen-bond acceptors (Lipinski definition) is 4. The highest BCUT2D eigenvalue weighted by molar-refractivity contribution is 5.85. The lowest BCUT2D eigenvalue weighted by molar-refractivity contribution is -0.132. The second kappa shape index (κ2) is 6.70. The molecule has 0 radical (unpaired) electrons. The van der Waals surface area contributed by atoms with Crippen molar-refractivity contribution in [2.45, 2.75) is 13.5 Å². The Morgan fingerprint density at radius 1 is 1.44 bits per heavy atom. The molecule has 0 unspecified atom stereocenters. The monoisotopic (exact) mass is 250 g/mol. The van der Waals surface area contributed by atoms with Crippen molar-refractivity contribution in [2.24, 2.45) is 5.73 Å². The lowest BCUT2D eigenvalue weighted by atomic mass is 10.3. The highest BCUT2D eigenvalue weighted by atomic mass is 16.2. The van der Waals surface area contributed by atoms with Gasteiger partial charge in [-0.1, -0.05) is 6.07 Å². The number of carbonyl (C=O) groups is 2. The zero-order chi connectivity index (χ0) is 13.5. The first kappa shape index (κ1) is 14.1. The number of hydrogen-bond donors (Lipinski definition) is 2. The molecule has 1 rings (SSSR count). The predicted octanol–water partition coefficient (Wildman–Crippen LogP) is -0.577. The summed E-state index contributed by atoms with van der Waals surface area (Å²) in [6, 6.07) is 5.65. The molecule has 0 aliphatic rings. The van der Waals surface area contributed by atoms with Crippen molar-refractivity contribution in [1.82, 2.24) is 15.2 Å². The number of aromatic nitrogens is 1. The molecular formula is C12H18N4O2. The minimum absolute atomic E-state index is 0.0433. The summed E-state index contributed by atoms with van der Waals surface area (Å²) >= 11 is 0. The van der Waals surface area contributed by atoms with E-state index in [1.54, 1.807) is 7.05 Å². The summed E-state index contributed by atoms with van der Waals surface area (Å²) in [6.45, 7) is 2.15. The standard InChI is InChI=1S/C12H18N4O2/c1-9-4-3-5-10(15-9)8-16(2)12(18)7-14-11(17)6-13/h3-5H,6-8,13H2,1-2H3,(H,14,17). The highest BCUT2D eigenvalue weighted by Crippen LogP contribution is 2.01. The topological polar surface area (TPSA) is 88.3 Å². The Kier molecular flexibility index (Phi) is 5.26. The molecule has 6 heteroatoms. The zero-order valence-corrected chi connectivity index (χ0v) is 10.6. The van der Waals surface area contributed by atoms with Crippen LogP contribution in [-0.2, 0) is 16.1 Å². The van der Waals surface area contributed by atoms with E-state index in [0.29, 0.717) is 6.54 Å². The summed E-state index contributed by atoms with van der Waals surface area (Å²) in [7, 11) is 1.67. The Morgan fingerprint density at radius 3 is 2.78 bits per heavy atom. The minimum atomic E-state index is -0.342. The van der Waals surface area contributed by atoms with Crippen LogP contribution < -0.4 is 11.1 Å². The SMILES string of the molecule is Cc1cccc(CN(C)C(=O)CNC(=O)CN)n1. The van der Waals surface area contributed by atoms with Gasteiger partial charge in [-0.2, -0.15) is 0 Å². The summed E-state index contributed by atoms with van der Waals surface area (Å²) in [5.41, 5.74) is 6.85. The van der Waals surface area contributed by atoms with Crippen LogP contribution in [0.25, 0.3) is 0 Å². The average molecular weight is 250 g/mol. The van der Waals surface area contributed by atoms with E-state index in [1.807, 2.05) is 25.1 Å². The largest absolute Gasteiger partial charge is 0.346 e. The first-order valence-corrected chi connectivity index (χ1v) is 5.66. The maximum atomic E-state index is 11.7. The van der Waals surface area contributed by atoms with Crippen LogP contribution in [0.2, 0.25) is 0 Å². The molecule has 3 N–H and O–H groups in total. The number of aryl methyl sites for hydroxylation is 1. The average Bonchev–Trinajstić information content (AvgIpc) is 2.35. The van der Waals surface area contributed by atoms with E-state index in [9.17, 15) is 9.59 Å². The quantitative estimate of drug-likeness (QED) is 0.732. The molecule has 18 heavy (non-hydrogen) atoms. The van der Waals surface area contributed by atoms with Crippen LogP contribution in [0.3, 0.4) is 0 Å². The third-order valence-electron chi connectivity index (χ3n) is 2.39. The third-order valence-corrected chi connectivity index (χ3v) is 2.39. The fourth-order valence-electron chi connectivity index (χ4n) is 1.40. The Balaban J connectivity index is 2.47. The number of carbonyl (C=O) groups excluding carboxylic acids is 2. The van der Waals surface area contributed by atoms with Crippen LogP contribution in [-0.4, -0.2) is 41.8 Å². The fourth-order valence-corrected chi connectivity index (χ4v) is 1.40. The summed E-state index contributed by atoms with van der Waals surface area (Å²) in [6.07, 6.45) is 0. The highest BCUT2D eigenvalue weighted by Gasteiger charge is 2.10. The van der Waals surface area contributed by atoms with Crippen molar-refractivity contribution in [3.05, 3.63) is 29.6 Å². The Morgan fingerprint density at radius 2 is 2.17 bits per heavy atom. The molecule has 1 aromatic rings. The van der Waals surface area contributed by atoms with E-state index in [-0.39, 0.29) is 24.9 Å². The molecule has 1 heterocycles. The smallest absolute Gasteiger partial charge is 0.242 e. The maximum Gasteiger partial charge on any atom is 0.242 e. The molecule has 0 aliphatic heterocycles. The van der Waals surface area contributed by atoms with Crippen molar-refractivity contribution < 1.29 is 9.59 Å². The van der Waals surface area contributed by atoms with E-state index in [1.165, 1.54) is 4.90 Å². The molecular weight excluding hydrogens is 232 g/mol. The fraction of sp³-hybridized carbons (Fsp3) is 0.417. The van der Waals surface area contributed by atoms with Crippen molar-refractivity contribution in [2.75, 3.05) is 20.1 Å². The lowest BCUT2D eigenvalue weighted by Crippen LogP contribution is -2.40. The van der Waals surface area contributed by atoms with Gasteiger partial charge < -0.3 is 16.0 Å². The van der Waals surface area contributed by atoms with Crippen LogP contribution in [0.1, 0.15) is 11.4 Å². The molecule has 0 saturated carbocycles. The molecule has 0 aliphatic carbocycles. The number of pyridine rings is 1. The van der Waals surface area contributed by atoms with Crippen molar-refractivity contribution in [3.8, 4) is 0 Å².